The number of carbonyl (C=O) groups excluding carboxylic acids is 2. The largest absolute Gasteiger partial charge is 0.453 e. The maximum Gasteiger partial charge on any atom is 0.339 e. The Labute approximate surface area is 152 Å². The minimum absolute atomic E-state index is 0.256. The number of nitrogens with one attached hydrogen (secondary N) is 1. The van der Waals surface area contributed by atoms with E-state index in [9.17, 15) is 14.7 Å². The third-order valence-electron chi connectivity index (χ3n) is 6.55. The Kier molecular flexibility index (Phi) is 4.00. The third-order valence-corrected chi connectivity index (χ3v) is 6.77. The van der Waals surface area contributed by atoms with Crippen molar-refractivity contribution in [3.8, 4) is 0 Å². The fourth-order valence-electron chi connectivity index (χ4n) is 5.17. The first-order chi connectivity index (χ1) is 12.0. The summed E-state index contributed by atoms with van der Waals surface area (Å²) >= 11 is 5.85. The molecule has 1 amide bonds. The summed E-state index contributed by atoms with van der Waals surface area (Å²) in [4.78, 5) is 25.0. The molecule has 6 heteroatoms. The Morgan fingerprint density at radius 1 is 1.36 bits per heavy atom. The van der Waals surface area contributed by atoms with Crippen molar-refractivity contribution < 1.29 is 19.4 Å². The zero-order valence-corrected chi connectivity index (χ0v) is 15.2. The predicted molar refractivity (Wildman–Crippen MR) is 93.0 cm³/mol. The lowest BCUT2D eigenvalue weighted by Gasteiger charge is -2.54. The van der Waals surface area contributed by atoms with Crippen molar-refractivity contribution in [3.63, 3.8) is 0 Å². The average Bonchev–Trinajstić information content (AvgIpc) is 2.79. The van der Waals surface area contributed by atoms with Crippen molar-refractivity contribution in [3.05, 3.63) is 22.8 Å². The van der Waals surface area contributed by atoms with Crippen molar-refractivity contribution in [1.29, 1.82) is 0 Å². The molecule has 0 aromatic rings. The van der Waals surface area contributed by atoms with Gasteiger partial charge in [-0.1, -0.05) is 6.08 Å². The Morgan fingerprint density at radius 3 is 2.84 bits per heavy atom. The number of aliphatic hydroxyl groups is 1. The normalized spacial score (nSPS) is 38.2. The van der Waals surface area contributed by atoms with E-state index in [-0.39, 0.29) is 5.91 Å². The van der Waals surface area contributed by atoms with Crippen LogP contribution in [0.3, 0.4) is 0 Å². The molecule has 4 atom stereocenters. The molecule has 5 nitrogen and oxygen atoms in total. The molecule has 2 aliphatic heterocycles. The number of fused-ring (bicyclic) bond motifs is 2. The van der Waals surface area contributed by atoms with Gasteiger partial charge in [0.2, 0.25) is 11.4 Å². The highest BCUT2D eigenvalue weighted by Gasteiger charge is 2.79. The SMILES string of the molecule is C[C@]12OC(=O)C1([C@@H](O)C1=C3CCCCC3=CCC1)NC(=O)[C@@H]2CCCl. The van der Waals surface area contributed by atoms with Crippen LogP contribution in [0.15, 0.2) is 22.8 Å². The molecule has 1 saturated carbocycles. The van der Waals surface area contributed by atoms with E-state index in [2.05, 4.69) is 11.4 Å². The van der Waals surface area contributed by atoms with Crippen LogP contribution in [0.1, 0.15) is 51.9 Å². The molecule has 0 radical (unpaired) electrons. The number of hydrogen-bond donors (Lipinski definition) is 2. The van der Waals surface area contributed by atoms with Crippen molar-refractivity contribution in [2.75, 3.05) is 5.88 Å². The fourth-order valence-corrected chi connectivity index (χ4v) is 5.38. The maximum absolute atomic E-state index is 12.5. The highest BCUT2D eigenvalue weighted by Crippen LogP contribution is 2.54. The number of allylic oxidation sites excluding steroid dienone is 3. The number of esters is 1. The number of hydrogen-bond acceptors (Lipinski definition) is 4. The second-order valence-corrected chi connectivity index (χ2v) is 8.08. The van der Waals surface area contributed by atoms with Crippen molar-refractivity contribution in [1.82, 2.24) is 5.32 Å². The molecule has 25 heavy (non-hydrogen) atoms. The van der Waals surface area contributed by atoms with Gasteiger partial charge in [-0.15, -0.1) is 11.6 Å². The van der Waals surface area contributed by atoms with Crippen molar-refractivity contribution in [2.24, 2.45) is 5.92 Å². The smallest absolute Gasteiger partial charge is 0.339 e. The van der Waals surface area contributed by atoms with Crippen LogP contribution in [0.5, 0.6) is 0 Å². The monoisotopic (exact) mass is 365 g/mol. The van der Waals surface area contributed by atoms with Crippen LogP contribution in [0.25, 0.3) is 0 Å². The van der Waals surface area contributed by atoms with E-state index in [1.165, 1.54) is 11.1 Å². The Bertz CT molecular complexity index is 700. The summed E-state index contributed by atoms with van der Waals surface area (Å²) in [5.74, 6) is -1.01. The number of aliphatic hydroxyl groups excluding tert-OH is 1. The average molecular weight is 366 g/mol. The Hall–Kier alpha value is -1.33. The van der Waals surface area contributed by atoms with E-state index in [0.717, 1.165) is 44.1 Å². The zero-order chi connectivity index (χ0) is 17.8. The van der Waals surface area contributed by atoms with Gasteiger partial charge in [0.15, 0.2) is 5.60 Å². The summed E-state index contributed by atoms with van der Waals surface area (Å²) in [5, 5.41) is 14.1. The number of halogens is 1. The van der Waals surface area contributed by atoms with Gasteiger partial charge in [0, 0.05) is 5.88 Å². The van der Waals surface area contributed by atoms with E-state index in [1.807, 2.05) is 0 Å². The van der Waals surface area contributed by atoms with Gasteiger partial charge < -0.3 is 15.2 Å². The standard InChI is InChI=1S/C19H24ClNO4/c1-18-14(9-10-20)16(23)21-19(18,17(24)25-18)15(22)13-8-4-6-11-5-2-3-7-12(11)13/h6,14-15,22H,2-5,7-10H2,1H3,(H,21,23)/t14-,15-,18+,19?/m0/s1. The molecule has 136 valence electrons. The Morgan fingerprint density at radius 2 is 2.12 bits per heavy atom. The molecule has 4 rings (SSSR count). The lowest BCUT2D eigenvalue weighted by molar-refractivity contribution is -0.232. The molecule has 0 aromatic heterocycles. The lowest BCUT2D eigenvalue weighted by atomic mass is 9.64. The van der Waals surface area contributed by atoms with Gasteiger partial charge in [-0.2, -0.15) is 0 Å². The molecule has 0 aromatic carbocycles. The molecule has 2 aliphatic carbocycles. The minimum Gasteiger partial charge on any atom is -0.453 e. The zero-order valence-electron chi connectivity index (χ0n) is 14.4. The molecular weight excluding hydrogens is 342 g/mol. The van der Waals surface area contributed by atoms with Crippen LogP contribution in [0, 0.1) is 5.92 Å². The van der Waals surface area contributed by atoms with Crippen LogP contribution in [-0.4, -0.2) is 40.1 Å². The third kappa shape index (κ3) is 2.12. The first-order valence-electron chi connectivity index (χ1n) is 9.16. The number of rotatable bonds is 4. The van der Waals surface area contributed by atoms with Crippen LogP contribution >= 0.6 is 11.6 Å². The molecule has 2 N–H and O–H groups in total. The van der Waals surface area contributed by atoms with Crippen LogP contribution in [0.2, 0.25) is 0 Å². The number of amides is 1. The van der Waals surface area contributed by atoms with Gasteiger partial charge in [0.25, 0.3) is 0 Å². The van der Waals surface area contributed by atoms with Gasteiger partial charge in [0.1, 0.15) is 6.10 Å². The second kappa shape index (κ2) is 5.85. The van der Waals surface area contributed by atoms with Crippen molar-refractivity contribution in [2.45, 2.75) is 69.1 Å². The number of carbonyl (C=O) groups is 2. The summed E-state index contributed by atoms with van der Waals surface area (Å²) in [6, 6.07) is 0. The summed E-state index contributed by atoms with van der Waals surface area (Å²) < 4.78 is 5.46. The fraction of sp³-hybridized carbons (Fsp3) is 0.684. The van der Waals surface area contributed by atoms with Gasteiger partial charge in [0.05, 0.1) is 5.92 Å². The summed E-state index contributed by atoms with van der Waals surface area (Å²) in [7, 11) is 0. The topological polar surface area (TPSA) is 75.6 Å². The summed E-state index contributed by atoms with van der Waals surface area (Å²) in [5.41, 5.74) is 0.990. The molecule has 1 unspecified atom stereocenters. The number of ether oxygens (including phenoxy) is 1. The van der Waals surface area contributed by atoms with Gasteiger partial charge in [-0.3, -0.25) is 4.79 Å². The maximum atomic E-state index is 12.5. The van der Waals surface area contributed by atoms with Crippen molar-refractivity contribution >= 4 is 23.5 Å². The second-order valence-electron chi connectivity index (χ2n) is 7.71. The van der Waals surface area contributed by atoms with E-state index < -0.39 is 29.1 Å². The minimum atomic E-state index is -1.37. The predicted octanol–water partition coefficient (Wildman–Crippen LogP) is 2.37. The van der Waals surface area contributed by atoms with Gasteiger partial charge in [-0.25, -0.2) is 4.79 Å². The van der Waals surface area contributed by atoms with E-state index in [4.69, 9.17) is 16.3 Å². The highest BCUT2D eigenvalue weighted by atomic mass is 35.5. The number of alkyl halides is 1. The Balaban J connectivity index is 1.75. The first kappa shape index (κ1) is 17.1. The molecule has 2 saturated heterocycles. The molecule has 4 aliphatic rings. The van der Waals surface area contributed by atoms with E-state index in [0.29, 0.717) is 12.3 Å². The summed E-state index contributed by atoms with van der Waals surface area (Å²) in [6.45, 7) is 1.75. The summed E-state index contributed by atoms with van der Waals surface area (Å²) in [6.07, 6.45) is 7.44. The van der Waals surface area contributed by atoms with Crippen LogP contribution in [0.4, 0.5) is 0 Å². The van der Waals surface area contributed by atoms with Gasteiger partial charge in [-0.05, 0) is 68.6 Å². The van der Waals surface area contributed by atoms with Crippen LogP contribution < -0.4 is 5.32 Å². The highest BCUT2D eigenvalue weighted by molar-refractivity contribution is 6.18. The van der Waals surface area contributed by atoms with Gasteiger partial charge >= 0.3 is 5.97 Å². The lowest BCUT2D eigenvalue weighted by Crippen LogP contribution is -2.79. The molecular formula is C19H24ClNO4. The molecule has 3 fully saturated rings. The quantitative estimate of drug-likeness (QED) is 0.592. The molecule has 0 spiro atoms. The molecule has 0 bridgehead atoms. The molecule has 2 heterocycles. The van der Waals surface area contributed by atoms with E-state index in [1.54, 1.807) is 6.92 Å². The van der Waals surface area contributed by atoms with E-state index >= 15 is 0 Å². The first-order valence-corrected chi connectivity index (χ1v) is 9.70. The van der Waals surface area contributed by atoms with Crippen LogP contribution in [-0.2, 0) is 14.3 Å².